The number of benzene rings is 1. The van der Waals surface area contributed by atoms with Crippen LogP contribution in [0.1, 0.15) is 52.9 Å². The number of carbonyl (C=O) groups is 2. The van der Waals surface area contributed by atoms with Crippen molar-refractivity contribution in [3.8, 4) is 0 Å². The summed E-state index contributed by atoms with van der Waals surface area (Å²) in [6, 6.07) is 9.26. The molecule has 6 nitrogen and oxygen atoms in total. The van der Waals surface area contributed by atoms with E-state index in [9.17, 15) is 9.59 Å². The molecular weight excluding hydrogens is 364 g/mol. The van der Waals surface area contributed by atoms with Crippen LogP contribution in [0.4, 0.5) is 10.5 Å². The Labute approximate surface area is 173 Å². The van der Waals surface area contributed by atoms with Gasteiger partial charge in [0.25, 0.3) is 0 Å². The molecule has 1 aliphatic heterocycles. The Morgan fingerprint density at radius 2 is 1.90 bits per heavy atom. The van der Waals surface area contributed by atoms with Crippen LogP contribution in [-0.2, 0) is 4.79 Å². The highest BCUT2D eigenvalue weighted by Gasteiger charge is 2.60. The molecule has 1 aromatic rings. The molecule has 29 heavy (non-hydrogen) atoms. The number of likely N-dealkylation sites (tertiary alicyclic amines) is 1. The van der Waals surface area contributed by atoms with Crippen molar-refractivity contribution in [3.05, 3.63) is 30.3 Å². The van der Waals surface area contributed by atoms with Crippen molar-refractivity contribution >= 4 is 23.3 Å². The number of carbonyl (C=O) groups excluding carboxylic acids is 2. The minimum absolute atomic E-state index is 0.0705. The molecule has 1 saturated heterocycles. The van der Waals surface area contributed by atoms with Crippen molar-refractivity contribution in [3.63, 3.8) is 0 Å². The van der Waals surface area contributed by atoms with Crippen molar-refractivity contribution < 1.29 is 9.59 Å². The summed E-state index contributed by atoms with van der Waals surface area (Å²) in [5.74, 6) is 0.378. The van der Waals surface area contributed by atoms with Crippen LogP contribution in [0.5, 0.6) is 0 Å². The van der Waals surface area contributed by atoms with Crippen LogP contribution in [0.25, 0.3) is 0 Å². The van der Waals surface area contributed by atoms with Crippen molar-refractivity contribution in [2.24, 2.45) is 27.8 Å². The van der Waals surface area contributed by atoms with E-state index >= 15 is 0 Å². The van der Waals surface area contributed by atoms with Gasteiger partial charge in [-0.1, -0.05) is 39.0 Å². The number of hydrazone groups is 1. The first-order valence-electron chi connectivity index (χ1n) is 10.8. The van der Waals surface area contributed by atoms with Gasteiger partial charge in [-0.25, -0.2) is 10.2 Å². The number of nitrogens with zero attached hydrogens (tertiary/aromatic N) is 2. The fourth-order valence-corrected chi connectivity index (χ4v) is 5.41. The Kier molecular flexibility index (Phi) is 5.13. The number of anilines is 1. The van der Waals surface area contributed by atoms with E-state index in [1.54, 1.807) is 4.90 Å². The topological polar surface area (TPSA) is 73.8 Å². The predicted octanol–water partition coefficient (Wildman–Crippen LogP) is 4.25. The summed E-state index contributed by atoms with van der Waals surface area (Å²) in [6.07, 6.45) is 5.00. The number of fused-ring (bicyclic) bond motifs is 2. The molecule has 0 unspecified atom stereocenters. The van der Waals surface area contributed by atoms with E-state index in [-0.39, 0.29) is 28.7 Å². The number of rotatable bonds is 3. The second kappa shape index (κ2) is 7.47. The van der Waals surface area contributed by atoms with Crippen molar-refractivity contribution in [2.45, 2.75) is 52.9 Å². The van der Waals surface area contributed by atoms with Crippen LogP contribution in [0.15, 0.2) is 35.4 Å². The maximum Gasteiger partial charge on any atom is 0.321 e. The number of nitrogens with one attached hydrogen (secondary N) is 2. The Hall–Kier alpha value is -2.37. The summed E-state index contributed by atoms with van der Waals surface area (Å²) in [7, 11) is 0. The summed E-state index contributed by atoms with van der Waals surface area (Å²) < 4.78 is 0. The molecule has 2 aliphatic carbocycles. The van der Waals surface area contributed by atoms with Crippen LogP contribution in [0.3, 0.4) is 0 Å². The first kappa shape index (κ1) is 19.9. The van der Waals surface area contributed by atoms with E-state index in [1.807, 2.05) is 30.3 Å². The highest BCUT2D eigenvalue weighted by Crippen LogP contribution is 2.63. The van der Waals surface area contributed by atoms with Gasteiger partial charge in [-0.05, 0) is 55.6 Å². The van der Waals surface area contributed by atoms with Crippen molar-refractivity contribution in [1.82, 2.24) is 10.3 Å². The average molecular weight is 397 g/mol. The molecule has 3 atom stereocenters. The van der Waals surface area contributed by atoms with Gasteiger partial charge in [0.2, 0.25) is 5.91 Å². The molecule has 6 heteroatoms. The lowest BCUT2D eigenvalue weighted by molar-refractivity contribution is -0.126. The van der Waals surface area contributed by atoms with Crippen LogP contribution >= 0.6 is 0 Å². The highest BCUT2D eigenvalue weighted by atomic mass is 16.2. The summed E-state index contributed by atoms with van der Waals surface area (Å²) in [6.45, 7) is 8.06. The molecule has 3 aliphatic rings. The largest absolute Gasteiger partial charge is 0.324 e. The molecule has 156 valence electrons. The Bertz CT molecular complexity index is 819. The van der Waals surface area contributed by atoms with E-state index in [4.69, 9.17) is 0 Å². The van der Waals surface area contributed by atoms with Crippen LogP contribution < -0.4 is 10.7 Å². The summed E-state index contributed by atoms with van der Waals surface area (Å²) in [5.41, 5.74) is 5.07. The molecule has 2 bridgehead atoms. The minimum Gasteiger partial charge on any atom is -0.324 e. The predicted molar refractivity (Wildman–Crippen MR) is 115 cm³/mol. The van der Waals surface area contributed by atoms with E-state index in [1.165, 1.54) is 6.42 Å². The first-order valence-corrected chi connectivity index (χ1v) is 10.8. The lowest BCUT2D eigenvalue weighted by Crippen LogP contribution is -2.46. The van der Waals surface area contributed by atoms with Crippen LogP contribution in [0, 0.1) is 22.7 Å². The summed E-state index contributed by atoms with van der Waals surface area (Å²) >= 11 is 0. The lowest BCUT2D eigenvalue weighted by Gasteiger charge is -2.34. The van der Waals surface area contributed by atoms with E-state index < -0.39 is 0 Å². The third kappa shape index (κ3) is 3.53. The van der Waals surface area contributed by atoms with E-state index in [2.05, 4.69) is 36.6 Å². The monoisotopic (exact) mass is 396 g/mol. The van der Waals surface area contributed by atoms with Crippen molar-refractivity contribution in [1.29, 1.82) is 0 Å². The zero-order chi connectivity index (χ0) is 20.6. The zero-order valence-corrected chi connectivity index (χ0v) is 17.7. The number of urea groups is 1. The summed E-state index contributed by atoms with van der Waals surface area (Å²) in [5, 5.41) is 7.49. The molecule has 1 aromatic carbocycles. The highest BCUT2D eigenvalue weighted by molar-refractivity contribution is 5.95. The molecular formula is C23H32N4O2. The second-order valence-corrected chi connectivity index (χ2v) is 9.61. The minimum atomic E-state index is -0.214. The van der Waals surface area contributed by atoms with Gasteiger partial charge in [-0.3, -0.25) is 4.79 Å². The normalized spacial score (nSPS) is 31.7. The second-order valence-electron chi connectivity index (χ2n) is 9.61. The third-order valence-electron chi connectivity index (χ3n) is 7.92. The molecule has 0 aromatic heterocycles. The standard InChI is InChI=1S/C23H32N4O2/c1-22(2)17-11-12-23(22,3)19(14-17)25-26-20(28)16-8-7-13-27(15-16)21(29)24-18-9-5-4-6-10-18/h4-6,9-10,16-17H,7-8,11-15H2,1-3H3,(H,24,29)(H,26,28)/b25-19+/t16-,17-,23+/m1/s1. The maximum atomic E-state index is 12.8. The fourth-order valence-electron chi connectivity index (χ4n) is 5.41. The fraction of sp³-hybridized carbons (Fsp3) is 0.609. The third-order valence-corrected chi connectivity index (χ3v) is 7.92. The molecule has 3 amide bonds. The van der Waals surface area contributed by atoms with Crippen LogP contribution in [0.2, 0.25) is 0 Å². The SMILES string of the molecule is CC1(C)[C@@H]2CC[C@@]1(C)/C(=N/NC(=O)[C@@H]1CCCN(C(=O)Nc3ccccc3)C1)C2. The van der Waals surface area contributed by atoms with E-state index in [0.717, 1.165) is 37.1 Å². The Morgan fingerprint density at radius 1 is 1.14 bits per heavy atom. The van der Waals surface area contributed by atoms with E-state index in [0.29, 0.717) is 19.0 Å². The molecule has 0 spiro atoms. The van der Waals surface area contributed by atoms with Gasteiger partial charge in [0.15, 0.2) is 0 Å². The lowest BCUT2D eigenvalue weighted by atomic mass is 9.70. The van der Waals surface area contributed by atoms with Gasteiger partial charge in [0.05, 0.1) is 5.92 Å². The number of hydrogen-bond donors (Lipinski definition) is 2. The molecule has 0 radical (unpaired) electrons. The van der Waals surface area contributed by atoms with Gasteiger partial charge < -0.3 is 10.2 Å². The quantitative estimate of drug-likeness (QED) is 0.750. The zero-order valence-electron chi connectivity index (χ0n) is 17.7. The number of hydrogen-bond acceptors (Lipinski definition) is 3. The molecule has 3 fully saturated rings. The Balaban J connectivity index is 1.35. The molecule has 2 saturated carbocycles. The smallest absolute Gasteiger partial charge is 0.321 e. The number of amides is 3. The average Bonchev–Trinajstić information content (AvgIpc) is 3.06. The maximum absolute atomic E-state index is 12.8. The Morgan fingerprint density at radius 3 is 2.55 bits per heavy atom. The van der Waals surface area contributed by atoms with Gasteiger partial charge in [-0.2, -0.15) is 5.10 Å². The molecule has 4 rings (SSSR count). The van der Waals surface area contributed by atoms with Gasteiger partial charge >= 0.3 is 6.03 Å². The van der Waals surface area contributed by atoms with Crippen LogP contribution in [-0.4, -0.2) is 35.6 Å². The summed E-state index contributed by atoms with van der Waals surface area (Å²) in [4.78, 5) is 27.1. The first-order chi connectivity index (χ1) is 13.8. The molecule has 1 heterocycles. The molecule has 2 N–H and O–H groups in total. The van der Waals surface area contributed by atoms with Crippen molar-refractivity contribution in [2.75, 3.05) is 18.4 Å². The number of para-hydroxylation sites is 1. The van der Waals surface area contributed by atoms with Gasteiger partial charge in [0.1, 0.15) is 0 Å². The van der Waals surface area contributed by atoms with Gasteiger partial charge in [-0.15, -0.1) is 0 Å². The number of piperidine rings is 1. The van der Waals surface area contributed by atoms with Gasteiger partial charge in [0, 0.05) is 29.9 Å².